The Labute approximate surface area is 107 Å². The van der Waals surface area contributed by atoms with Gasteiger partial charge < -0.3 is 0 Å². The lowest BCUT2D eigenvalue weighted by Gasteiger charge is -2.30. The van der Waals surface area contributed by atoms with Gasteiger partial charge in [-0.1, -0.05) is 15.9 Å². The molecule has 0 aromatic rings. The van der Waals surface area contributed by atoms with Crippen molar-refractivity contribution >= 4 is 26.1 Å². The molecule has 6 heteroatoms. The lowest BCUT2D eigenvalue weighted by Crippen LogP contribution is -2.46. The summed E-state index contributed by atoms with van der Waals surface area (Å²) in [5.41, 5.74) is 0. The number of nitrogens with zero attached hydrogens (tertiary/aromatic N) is 2. The molecule has 16 heavy (non-hydrogen) atoms. The van der Waals surface area contributed by atoms with Crippen LogP contribution in [0.4, 0.5) is 0 Å². The summed E-state index contributed by atoms with van der Waals surface area (Å²) >= 11 is 3.34. The van der Waals surface area contributed by atoms with Crippen LogP contribution in [0.1, 0.15) is 33.1 Å². The molecule has 0 atom stereocenters. The van der Waals surface area contributed by atoms with Crippen molar-refractivity contribution < 1.29 is 8.42 Å². The van der Waals surface area contributed by atoms with Gasteiger partial charge >= 0.3 is 0 Å². The van der Waals surface area contributed by atoms with Gasteiger partial charge in [0.2, 0.25) is 0 Å². The fourth-order valence-corrected chi connectivity index (χ4v) is 4.08. The first-order chi connectivity index (χ1) is 7.50. The van der Waals surface area contributed by atoms with Crippen LogP contribution >= 0.6 is 15.9 Å². The van der Waals surface area contributed by atoms with E-state index in [2.05, 4.69) is 15.9 Å². The van der Waals surface area contributed by atoms with Crippen molar-refractivity contribution in [3.05, 3.63) is 0 Å². The van der Waals surface area contributed by atoms with E-state index in [0.29, 0.717) is 19.6 Å². The zero-order chi connectivity index (χ0) is 12.2. The van der Waals surface area contributed by atoms with Crippen LogP contribution in [-0.4, -0.2) is 48.0 Å². The Balaban J connectivity index is 2.74. The molecule has 1 aliphatic rings. The highest BCUT2D eigenvalue weighted by molar-refractivity contribution is 9.09. The summed E-state index contributed by atoms with van der Waals surface area (Å²) in [6.45, 7) is 5.82. The highest BCUT2D eigenvalue weighted by atomic mass is 79.9. The predicted octanol–water partition coefficient (Wildman–Crippen LogP) is 1.82. The topological polar surface area (TPSA) is 40.6 Å². The quantitative estimate of drug-likeness (QED) is 0.702. The molecule has 1 heterocycles. The molecule has 96 valence electrons. The van der Waals surface area contributed by atoms with Gasteiger partial charge in [-0.25, -0.2) is 0 Å². The van der Waals surface area contributed by atoms with Crippen molar-refractivity contribution in [2.24, 2.45) is 0 Å². The molecule has 1 rings (SSSR count). The van der Waals surface area contributed by atoms with Gasteiger partial charge in [0.05, 0.1) is 0 Å². The molecule has 0 saturated carbocycles. The van der Waals surface area contributed by atoms with Crippen LogP contribution < -0.4 is 0 Å². The lowest BCUT2D eigenvalue weighted by atomic mass is 10.4. The van der Waals surface area contributed by atoms with Gasteiger partial charge in [-0.2, -0.15) is 17.0 Å². The Morgan fingerprint density at radius 3 is 2.31 bits per heavy atom. The van der Waals surface area contributed by atoms with Gasteiger partial charge in [-0.3, -0.25) is 0 Å². The molecule has 0 amide bonds. The van der Waals surface area contributed by atoms with E-state index in [1.54, 1.807) is 8.61 Å². The zero-order valence-corrected chi connectivity index (χ0v) is 12.4. The molecule has 0 aromatic heterocycles. The normalized spacial score (nSPS) is 18.8. The van der Waals surface area contributed by atoms with Crippen LogP contribution in [0.5, 0.6) is 0 Å². The molecular formula is C10H21BrN2O2S. The monoisotopic (exact) mass is 312 g/mol. The van der Waals surface area contributed by atoms with Crippen molar-refractivity contribution in [1.82, 2.24) is 8.61 Å². The molecule has 0 N–H and O–H groups in total. The third-order valence-electron chi connectivity index (χ3n) is 2.78. The number of alkyl halides is 1. The zero-order valence-electron chi connectivity index (χ0n) is 10.0. The minimum Gasteiger partial charge on any atom is -0.195 e. The van der Waals surface area contributed by atoms with Crippen LogP contribution in [0.25, 0.3) is 0 Å². The molecular weight excluding hydrogens is 292 g/mol. The van der Waals surface area contributed by atoms with Crippen LogP contribution in [0.3, 0.4) is 0 Å². The van der Waals surface area contributed by atoms with Crippen molar-refractivity contribution in [2.45, 2.75) is 39.2 Å². The third-order valence-corrected chi connectivity index (χ3v) is 5.55. The largest absolute Gasteiger partial charge is 0.282 e. The lowest BCUT2D eigenvalue weighted by molar-refractivity contribution is 0.319. The van der Waals surface area contributed by atoms with Crippen molar-refractivity contribution in [3.63, 3.8) is 0 Å². The van der Waals surface area contributed by atoms with Gasteiger partial charge in [0.25, 0.3) is 10.2 Å². The highest BCUT2D eigenvalue weighted by Crippen LogP contribution is 2.18. The van der Waals surface area contributed by atoms with Crippen molar-refractivity contribution in [2.75, 3.05) is 25.0 Å². The van der Waals surface area contributed by atoms with Gasteiger partial charge in [0, 0.05) is 31.0 Å². The Hall–Kier alpha value is 0.350. The Kier molecular flexibility index (Phi) is 5.70. The van der Waals surface area contributed by atoms with Gasteiger partial charge in [0.1, 0.15) is 0 Å². The maximum absolute atomic E-state index is 12.3. The van der Waals surface area contributed by atoms with E-state index < -0.39 is 10.2 Å². The predicted molar refractivity (Wildman–Crippen MR) is 70.0 cm³/mol. The molecule has 0 unspecified atom stereocenters. The number of halogens is 1. The van der Waals surface area contributed by atoms with Crippen molar-refractivity contribution in [3.8, 4) is 0 Å². The summed E-state index contributed by atoms with van der Waals surface area (Å²) in [7, 11) is -3.23. The second-order valence-corrected chi connectivity index (χ2v) is 7.04. The third kappa shape index (κ3) is 3.42. The van der Waals surface area contributed by atoms with E-state index in [-0.39, 0.29) is 6.04 Å². The van der Waals surface area contributed by atoms with Crippen LogP contribution in [0.2, 0.25) is 0 Å². The summed E-state index contributed by atoms with van der Waals surface area (Å²) < 4.78 is 27.9. The average molecular weight is 313 g/mol. The smallest absolute Gasteiger partial charge is 0.195 e. The first-order valence-corrected chi connectivity index (χ1v) is 8.35. The van der Waals surface area contributed by atoms with E-state index in [4.69, 9.17) is 0 Å². The standard InChI is InChI=1S/C10H21BrN2O2S/c1-10(2)13(9-5-6-11)16(14,15)12-7-3-4-8-12/h10H,3-9H2,1-2H3. The number of hydrogen-bond acceptors (Lipinski definition) is 2. The van der Waals surface area contributed by atoms with Crippen LogP contribution in [0.15, 0.2) is 0 Å². The summed E-state index contributed by atoms with van der Waals surface area (Å²) in [6, 6.07) is 0.0321. The van der Waals surface area contributed by atoms with Crippen LogP contribution in [-0.2, 0) is 10.2 Å². The fraction of sp³-hybridized carbons (Fsp3) is 1.00. The molecule has 1 aliphatic heterocycles. The minimum atomic E-state index is -3.23. The number of rotatable bonds is 6. The summed E-state index contributed by atoms with van der Waals surface area (Å²) in [6.07, 6.45) is 2.83. The van der Waals surface area contributed by atoms with E-state index in [1.807, 2.05) is 13.8 Å². The summed E-state index contributed by atoms with van der Waals surface area (Å²) in [5.74, 6) is 0. The molecule has 1 saturated heterocycles. The molecule has 0 aliphatic carbocycles. The summed E-state index contributed by atoms with van der Waals surface area (Å²) in [5, 5.41) is 0.839. The molecule has 4 nitrogen and oxygen atoms in total. The second-order valence-electron chi connectivity index (χ2n) is 4.36. The van der Waals surface area contributed by atoms with Gasteiger partial charge in [-0.15, -0.1) is 0 Å². The first-order valence-electron chi connectivity index (χ1n) is 5.83. The molecule has 0 radical (unpaired) electrons. The average Bonchev–Trinajstić information content (AvgIpc) is 2.70. The molecule has 0 bridgehead atoms. The van der Waals surface area contributed by atoms with Crippen molar-refractivity contribution in [1.29, 1.82) is 0 Å². The molecule has 1 fully saturated rings. The van der Waals surface area contributed by atoms with Crippen LogP contribution in [0, 0.1) is 0 Å². The Morgan fingerprint density at radius 2 is 1.88 bits per heavy atom. The highest BCUT2D eigenvalue weighted by Gasteiger charge is 2.32. The minimum absolute atomic E-state index is 0.0321. The summed E-state index contributed by atoms with van der Waals surface area (Å²) in [4.78, 5) is 0. The van der Waals surface area contributed by atoms with E-state index in [9.17, 15) is 8.42 Å². The second kappa shape index (κ2) is 6.33. The van der Waals surface area contributed by atoms with E-state index in [1.165, 1.54) is 0 Å². The maximum atomic E-state index is 12.3. The Morgan fingerprint density at radius 1 is 1.31 bits per heavy atom. The van der Waals surface area contributed by atoms with E-state index in [0.717, 1.165) is 24.6 Å². The Bertz CT molecular complexity index is 300. The van der Waals surface area contributed by atoms with E-state index >= 15 is 0 Å². The fourth-order valence-electron chi connectivity index (χ4n) is 1.92. The number of hydrogen-bond donors (Lipinski definition) is 0. The van der Waals surface area contributed by atoms with Gasteiger partial charge in [-0.05, 0) is 33.1 Å². The maximum Gasteiger partial charge on any atom is 0.282 e. The molecule has 0 aromatic carbocycles. The first kappa shape index (κ1) is 14.4. The molecule has 0 spiro atoms. The van der Waals surface area contributed by atoms with Gasteiger partial charge in [0.15, 0.2) is 0 Å². The SMILES string of the molecule is CC(C)N(CCCBr)S(=O)(=O)N1CCCC1.